The third-order valence-electron chi connectivity index (χ3n) is 2.57. The summed E-state index contributed by atoms with van der Waals surface area (Å²) in [6.07, 6.45) is 0. The fraction of sp³-hybridized carbons (Fsp3) is 0.154. The van der Waals surface area contributed by atoms with Gasteiger partial charge < -0.3 is 0 Å². The molecule has 0 aliphatic rings. The predicted molar refractivity (Wildman–Crippen MR) is 71.1 cm³/mol. The van der Waals surface area contributed by atoms with Gasteiger partial charge in [0.2, 0.25) is 0 Å². The first-order chi connectivity index (χ1) is 8.53. The fourth-order valence-electron chi connectivity index (χ4n) is 1.55. The van der Waals surface area contributed by atoms with Crippen molar-refractivity contribution in [1.29, 1.82) is 5.26 Å². The SMILES string of the molecule is Cc1ccc(S(=O)(=O)Cc2sccc2C#N)cc1. The van der Waals surface area contributed by atoms with Crippen molar-refractivity contribution in [2.24, 2.45) is 0 Å². The summed E-state index contributed by atoms with van der Waals surface area (Å²) in [5.74, 6) is -0.114. The maximum absolute atomic E-state index is 12.2. The van der Waals surface area contributed by atoms with Crippen LogP contribution in [-0.2, 0) is 15.6 Å². The van der Waals surface area contributed by atoms with Crippen molar-refractivity contribution in [2.45, 2.75) is 17.6 Å². The summed E-state index contributed by atoms with van der Waals surface area (Å²) in [4.78, 5) is 0.892. The van der Waals surface area contributed by atoms with Gasteiger partial charge in [-0.25, -0.2) is 8.42 Å². The molecule has 0 amide bonds. The van der Waals surface area contributed by atoms with E-state index in [0.717, 1.165) is 5.56 Å². The molecule has 0 aliphatic heterocycles. The van der Waals surface area contributed by atoms with Crippen LogP contribution in [0.4, 0.5) is 0 Å². The number of hydrogen-bond acceptors (Lipinski definition) is 4. The molecule has 2 rings (SSSR count). The van der Waals surface area contributed by atoms with Gasteiger partial charge in [0.15, 0.2) is 9.84 Å². The third kappa shape index (κ3) is 2.61. The van der Waals surface area contributed by atoms with E-state index in [2.05, 4.69) is 0 Å². The first-order valence-electron chi connectivity index (χ1n) is 5.29. The van der Waals surface area contributed by atoms with E-state index in [1.807, 2.05) is 13.0 Å². The lowest BCUT2D eigenvalue weighted by molar-refractivity contribution is 0.595. The molecule has 1 aromatic carbocycles. The van der Waals surface area contributed by atoms with E-state index in [4.69, 9.17) is 5.26 Å². The van der Waals surface area contributed by atoms with E-state index in [0.29, 0.717) is 15.3 Å². The summed E-state index contributed by atoms with van der Waals surface area (Å²) in [5.41, 5.74) is 1.46. The fourth-order valence-corrected chi connectivity index (χ4v) is 4.12. The normalized spacial score (nSPS) is 11.1. The Bertz CT molecular complexity index is 691. The molecule has 0 unspecified atom stereocenters. The standard InChI is InChI=1S/C13H11NO2S2/c1-10-2-4-12(5-3-10)18(15,16)9-13-11(8-14)6-7-17-13/h2-7H,9H2,1H3. The van der Waals surface area contributed by atoms with Gasteiger partial charge in [0, 0.05) is 4.88 Å². The van der Waals surface area contributed by atoms with E-state index in [-0.39, 0.29) is 5.75 Å². The Morgan fingerprint density at radius 2 is 1.89 bits per heavy atom. The second-order valence-electron chi connectivity index (χ2n) is 3.94. The van der Waals surface area contributed by atoms with Gasteiger partial charge in [-0.15, -0.1) is 11.3 Å². The van der Waals surface area contributed by atoms with Gasteiger partial charge in [-0.1, -0.05) is 17.7 Å². The quantitative estimate of drug-likeness (QED) is 0.866. The number of thiophene rings is 1. The molecule has 1 heterocycles. The van der Waals surface area contributed by atoms with Crippen LogP contribution in [0.3, 0.4) is 0 Å². The van der Waals surface area contributed by atoms with Gasteiger partial charge in [0.1, 0.15) is 6.07 Å². The van der Waals surface area contributed by atoms with E-state index in [9.17, 15) is 8.42 Å². The Hall–Kier alpha value is -1.64. The third-order valence-corrected chi connectivity index (χ3v) is 5.33. The number of aryl methyl sites for hydroxylation is 1. The second kappa shape index (κ2) is 4.92. The van der Waals surface area contributed by atoms with Crippen LogP contribution in [0.5, 0.6) is 0 Å². The van der Waals surface area contributed by atoms with Gasteiger partial charge in [-0.3, -0.25) is 0 Å². The van der Waals surface area contributed by atoms with Crippen LogP contribution in [0, 0.1) is 18.3 Å². The summed E-state index contributed by atoms with van der Waals surface area (Å²) in [6, 6.07) is 10.4. The van der Waals surface area contributed by atoms with Gasteiger partial charge in [-0.2, -0.15) is 5.26 Å². The molecular formula is C13H11NO2S2. The zero-order valence-electron chi connectivity index (χ0n) is 9.75. The van der Waals surface area contributed by atoms with E-state index in [1.54, 1.807) is 35.7 Å². The van der Waals surface area contributed by atoms with Crippen molar-refractivity contribution in [3.63, 3.8) is 0 Å². The smallest absolute Gasteiger partial charge is 0.183 e. The maximum Gasteiger partial charge on any atom is 0.183 e. The number of benzene rings is 1. The average molecular weight is 277 g/mol. The van der Waals surface area contributed by atoms with E-state index >= 15 is 0 Å². The van der Waals surface area contributed by atoms with Crippen molar-refractivity contribution < 1.29 is 8.42 Å². The Morgan fingerprint density at radius 1 is 1.22 bits per heavy atom. The van der Waals surface area contributed by atoms with Crippen molar-refractivity contribution in [3.8, 4) is 6.07 Å². The minimum atomic E-state index is -3.37. The number of sulfone groups is 1. The van der Waals surface area contributed by atoms with Crippen LogP contribution in [0.1, 0.15) is 16.0 Å². The number of nitriles is 1. The van der Waals surface area contributed by atoms with Crippen LogP contribution in [0.2, 0.25) is 0 Å². The van der Waals surface area contributed by atoms with E-state index < -0.39 is 9.84 Å². The molecule has 0 spiro atoms. The summed E-state index contributed by atoms with van der Waals surface area (Å²) in [7, 11) is -3.37. The zero-order valence-corrected chi connectivity index (χ0v) is 11.4. The topological polar surface area (TPSA) is 57.9 Å². The highest BCUT2D eigenvalue weighted by atomic mass is 32.2. The Kier molecular flexibility index (Phi) is 3.50. The first kappa shape index (κ1) is 12.8. The average Bonchev–Trinajstić information content (AvgIpc) is 2.76. The summed E-state index contributed by atoms with van der Waals surface area (Å²) < 4.78 is 24.4. The molecule has 0 aliphatic carbocycles. The molecule has 0 bridgehead atoms. The van der Waals surface area contributed by atoms with Gasteiger partial charge in [-0.05, 0) is 30.5 Å². The number of rotatable bonds is 3. The van der Waals surface area contributed by atoms with Crippen molar-refractivity contribution in [2.75, 3.05) is 0 Å². The van der Waals surface area contributed by atoms with Crippen LogP contribution in [0.25, 0.3) is 0 Å². The number of hydrogen-bond donors (Lipinski definition) is 0. The van der Waals surface area contributed by atoms with Crippen LogP contribution < -0.4 is 0 Å². The lowest BCUT2D eigenvalue weighted by atomic mass is 10.2. The molecule has 0 saturated heterocycles. The van der Waals surface area contributed by atoms with Crippen LogP contribution in [0.15, 0.2) is 40.6 Å². The number of nitrogens with zero attached hydrogens (tertiary/aromatic N) is 1. The lowest BCUT2D eigenvalue weighted by Gasteiger charge is -2.03. The minimum absolute atomic E-state index is 0.114. The maximum atomic E-state index is 12.2. The van der Waals surface area contributed by atoms with Gasteiger partial charge in [0.25, 0.3) is 0 Å². The van der Waals surface area contributed by atoms with Crippen molar-refractivity contribution in [3.05, 3.63) is 51.7 Å². The summed E-state index contributed by atoms with van der Waals surface area (Å²) in [6.45, 7) is 1.91. The summed E-state index contributed by atoms with van der Waals surface area (Å²) >= 11 is 1.30. The molecule has 2 aromatic rings. The molecule has 0 fully saturated rings. The largest absolute Gasteiger partial charge is 0.223 e. The molecule has 0 radical (unpaired) electrons. The Morgan fingerprint density at radius 3 is 2.50 bits per heavy atom. The molecule has 0 saturated carbocycles. The molecule has 5 heteroatoms. The Balaban J connectivity index is 2.34. The highest BCUT2D eigenvalue weighted by molar-refractivity contribution is 7.90. The lowest BCUT2D eigenvalue weighted by Crippen LogP contribution is -2.04. The molecule has 1 aromatic heterocycles. The highest BCUT2D eigenvalue weighted by Gasteiger charge is 2.18. The van der Waals surface area contributed by atoms with Crippen LogP contribution in [-0.4, -0.2) is 8.42 Å². The summed E-state index contributed by atoms with van der Waals surface area (Å²) in [5, 5.41) is 10.6. The van der Waals surface area contributed by atoms with Gasteiger partial charge in [0.05, 0.1) is 16.2 Å². The highest BCUT2D eigenvalue weighted by Crippen LogP contribution is 2.23. The molecule has 3 nitrogen and oxygen atoms in total. The van der Waals surface area contributed by atoms with Crippen molar-refractivity contribution in [1.82, 2.24) is 0 Å². The predicted octanol–water partition coefficient (Wildman–Crippen LogP) is 2.90. The molecule has 92 valence electrons. The first-order valence-corrected chi connectivity index (χ1v) is 7.82. The van der Waals surface area contributed by atoms with Crippen LogP contribution >= 0.6 is 11.3 Å². The Labute approximate surface area is 110 Å². The monoisotopic (exact) mass is 277 g/mol. The molecule has 18 heavy (non-hydrogen) atoms. The second-order valence-corrected chi connectivity index (χ2v) is 6.93. The van der Waals surface area contributed by atoms with E-state index in [1.165, 1.54) is 11.3 Å². The zero-order chi connectivity index (χ0) is 13.2. The molecular weight excluding hydrogens is 266 g/mol. The molecule has 0 atom stereocenters. The van der Waals surface area contributed by atoms with Crippen molar-refractivity contribution >= 4 is 21.2 Å². The minimum Gasteiger partial charge on any atom is -0.223 e. The molecule has 0 N–H and O–H groups in total. The van der Waals surface area contributed by atoms with Gasteiger partial charge >= 0.3 is 0 Å².